The van der Waals surface area contributed by atoms with Crippen LogP contribution in [0.4, 0.5) is 5.69 Å². The van der Waals surface area contributed by atoms with E-state index in [-0.39, 0.29) is 39.8 Å². The summed E-state index contributed by atoms with van der Waals surface area (Å²) in [6.45, 7) is -0.782. The van der Waals surface area contributed by atoms with Gasteiger partial charge in [-0.2, -0.15) is 0 Å². The summed E-state index contributed by atoms with van der Waals surface area (Å²) in [4.78, 5) is 59.1. The Morgan fingerprint density at radius 3 is 2.56 bits per heavy atom. The molecule has 1 aliphatic rings. The average molecular weight is 480 g/mol. The van der Waals surface area contributed by atoms with Crippen molar-refractivity contribution in [3.63, 3.8) is 0 Å². The van der Waals surface area contributed by atoms with E-state index in [1.54, 1.807) is 0 Å². The van der Waals surface area contributed by atoms with Crippen molar-refractivity contribution in [2.45, 2.75) is 6.42 Å². The summed E-state index contributed by atoms with van der Waals surface area (Å²) in [6.07, 6.45) is -0.217. The molecule has 0 spiro atoms. The fraction of sp³-hybridized carbons (Fsp3) is 0.200. The van der Waals surface area contributed by atoms with Gasteiger partial charge in [-0.15, -0.1) is 0 Å². The number of Topliss-reactive ketones (excluding diaryl/α,β-unsaturated/α-hetero) is 1. The maximum Gasteiger partial charge on any atom is 0.311 e. The molecule has 0 aliphatic carbocycles. The number of hydrogen-bond acceptors (Lipinski definition) is 7. The molecule has 0 radical (unpaired) electrons. The Morgan fingerprint density at radius 2 is 1.88 bits per heavy atom. The highest BCUT2D eigenvalue weighted by Gasteiger charge is 2.36. The first-order chi connectivity index (χ1) is 15.2. The van der Waals surface area contributed by atoms with Crippen molar-refractivity contribution < 1.29 is 28.8 Å². The summed E-state index contributed by atoms with van der Waals surface area (Å²) in [5.74, 6) is -3.45. The number of rotatable bonds is 7. The van der Waals surface area contributed by atoms with E-state index < -0.39 is 41.0 Å². The molecular formula is C20H15Cl2N3O7. The van der Waals surface area contributed by atoms with Gasteiger partial charge in [0.15, 0.2) is 6.61 Å². The smallest absolute Gasteiger partial charge is 0.311 e. The second-order valence-electron chi connectivity index (χ2n) is 6.81. The van der Waals surface area contributed by atoms with E-state index in [0.29, 0.717) is 0 Å². The molecule has 2 aromatic carbocycles. The van der Waals surface area contributed by atoms with Gasteiger partial charge in [0, 0.05) is 29.7 Å². The van der Waals surface area contributed by atoms with Gasteiger partial charge in [-0.1, -0.05) is 35.3 Å². The van der Waals surface area contributed by atoms with Crippen LogP contribution in [-0.2, 0) is 14.3 Å². The standard InChI is InChI=1S/C20H15Cl2N3O7/c21-15-5-4-12(7-16(15)22)19(28)23-24-9-13(8-18(24)27)20(29)32-10-17(26)11-2-1-3-14(6-11)25(30)31/h1-7,13H,8-10H2,(H,23,28). The molecule has 166 valence electrons. The number of nitrogens with zero attached hydrogens (tertiary/aromatic N) is 2. The number of ether oxygens (including phenoxy) is 1. The van der Waals surface area contributed by atoms with E-state index in [4.69, 9.17) is 27.9 Å². The van der Waals surface area contributed by atoms with Crippen LogP contribution in [0.15, 0.2) is 42.5 Å². The maximum atomic E-state index is 12.3. The number of esters is 1. The summed E-state index contributed by atoms with van der Waals surface area (Å²) in [6, 6.07) is 9.21. The fourth-order valence-corrected chi connectivity index (χ4v) is 3.23. The number of hydrogen-bond donors (Lipinski definition) is 1. The number of halogens is 2. The van der Waals surface area contributed by atoms with E-state index >= 15 is 0 Å². The number of nitro benzene ring substituents is 1. The summed E-state index contributed by atoms with van der Waals surface area (Å²) in [5.41, 5.74) is 2.31. The Balaban J connectivity index is 1.55. The van der Waals surface area contributed by atoms with Gasteiger partial charge in [-0.05, 0) is 18.2 Å². The van der Waals surface area contributed by atoms with Gasteiger partial charge in [0.2, 0.25) is 11.7 Å². The second-order valence-corrected chi connectivity index (χ2v) is 7.63. The minimum atomic E-state index is -0.894. The van der Waals surface area contributed by atoms with Crippen LogP contribution >= 0.6 is 23.2 Å². The van der Waals surface area contributed by atoms with Gasteiger partial charge in [0.25, 0.3) is 11.6 Å². The van der Waals surface area contributed by atoms with Crippen LogP contribution in [0.3, 0.4) is 0 Å². The van der Waals surface area contributed by atoms with Gasteiger partial charge in [0.1, 0.15) is 0 Å². The Hall–Kier alpha value is -3.50. The van der Waals surface area contributed by atoms with Crippen molar-refractivity contribution in [1.29, 1.82) is 0 Å². The lowest BCUT2D eigenvalue weighted by molar-refractivity contribution is -0.384. The maximum absolute atomic E-state index is 12.3. The molecule has 0 saturated carbocycles. The third-order valence-corrected chi connectivity index (χ3v) is 5.34. The first-order valence-electron chi connectivity index (χ1n) is 9.16. The van der Waals surface area contributed by atoms with Crippen molar-refractivity contribution in [3.05, 3.63) is 73.8 Å². The zero-order chi connectivity index (χ0) is 23.4. The molecule has 10 nitrogen and oxygen atoms in total. The molecule has 1 N–H and O–H groups in total. The molecule has 2 aromatic rings. The van der Waals surface area contributed by atoms with Gasteiger partial charge in [-0.25, -0.2) is 0 Å². The highest BCUT2D eigenvalue weighted by atomic mass is 35.5. The Kier molecular flexibility index (Phi) is 7.06. The molecule has 1 unspecified atom stereocenters. The molecule has 1 fully saturated rings. The molecular weight excluding hydrogens is 465 g/mol. The Bertz CT molecular complexity index is 1120. The summed E-state index contributed by atoms with van der Waals surface area (Å²) >= 11 is 11.7. The highest BCUT2D eigenvalue weighted by molar-refractivity contribution is 6.42. The first-order valence-corrected chi connectivity index (χ1v) is 9.92. The zero-order valence-corrected chi connectivity index (χ0v) is 17.8. The third kappa shape index (κ3) is 5.40. The number of ketones is 1. The number of carbonyl (C=O) groups excluding carboxylic acids is 4. The molecule has 3 rings (SSSR count). The van der Waals surface area contributed by atoms with Crippen LogP contribution < -0.4 is 5.43 Å². The van der Waals surface area contributed by atoms with Crippen LogP contribution in [-0.4, -0.2) is 46.7 Å². The van der Waals surface area contributed by atoms with Crippen LogP contribution in [0.5, 0.6) is 0 Å². The van der Waals surface area contributed by atoms with Crippen molar-refractivity contribution in [3.8, 4) is 0 Å². The molecule has 12 heteroatoms. The van der Waals surface area contributed by atoms with Crippen molar-refractivity contribution in [1.82, 2.24) is 10.4 Å². The second kappa shape index (κ2) is 9.75. The van der Waals surface area contributed by atoms with E-state index in [1.165, 1.54) is 36.4 Å². The van der Waals surface area contributed by atoms with Gasteiger partial charge in [-0.3, -0.25) is 39.7 Å². The van der Waals surface area contributed by atoms with Crippen LogP contribution in [0.25, 0.3) is 0 Å². The van der Waals surface area contributed by atoms with Gasteiger partial charge in [0.05, 0.1) is 27.4 Å². The molecule has 1 heterocycles. The molecule has 1 atom stereocenters. The number of nitro groups is 1. The van der Waals surface area contributed by atoms with Crippen LogP contribution in [0.2, 0.25) is 10.0 Å². The largest absolute Gasteiger partial charge is 0.457 e. The molecule has 2 amide bonds. The minimum absolute atomic E-state index is 0.0185. The first kappa shape index (κ1) is 23.2. The predicted octanol–water partition coefficient (Wildman–Crippen LogP) is 2.82. The van der Waals surface area contributed by atoms with Crippen molar-refractivity contribution in [2.75, 3.05) is 13.2 Å². The summed E-state index contributed by atoms with van der Waals surface area (Å²) in [5, 5.41) is 12.2. The lowest BCUT2D eigenvalue weighted by Crippen LogP contribution is -2.43. The SMILES string of the molecule is O=C(COC(=O)C1CC(=O)N(NC(=O)c2ccc(Cl)c(Cl)c2)C1)c1cccc([N+](=O)[O-])c1. The van der Waals surface area contributed by atoms with Gasteiger partial charge < -0.3 is 4.74 Å². The van der Waals surface area contributed by atoms with Crippen molar-refractivity contribution >= 4 is 52.5 Å². The van der Waals surface area contributed by atoms with E-state index in [2.05, 4.69) is 5.43 Å². The lowest BCUT2D eigenvalue weighted by Gasteiger charge is -2.17. The fourth-order valence-electron chi connectivity index (χ4n) is 2.93. The molecule has 1 aliphatic heterocycles. The number of non-ortho nitro benzene ring substituents is 1. The van der Waals surface area contributed by atoms with Gasteiger partial charge >= 0.3 is 5.97 Å². The molecule has 0 bridgehead atoms. The van der Waals surface area contributed by atoms with Crippen LogP contribution in [0.1, 0.15) is 27.1 Å². The minimum Gasteiger partial charge on any atom is -0.457 e. The van der Waals surface area contributed by atoms with E-state index in [0.717, 1.165) is 11.1 Å². The normalized spacial score (nSPS) is 15.4. The lowest BCUT2D eigenvalue weighted by atomic mass is 10.1. The summed E-state index contributed by atoms with van der Waals surface area (Å²) < 4.78 is 4.98. The number of nitrogens with one attached hydrogen (secondary N) is 1. The van der Waals surface area contributed by atoms with Crippen LogP contribution in [0, 0.1) is 16.0 Å². The Morgan fingerprint density at radius 1 is 1.12 bits per heavy atom. The van der Waals surface area contributed by atoms with Crippen molar-refractivity contribution in [2.24, 2.45) is 5.92 Å². The molecule has 32 heavy (non-hydrogen) atoms. The molecule has 0 aromatic heterocycles. The monoisotopic (exact) mass is 479 g/mol. The predicted molar refractivity (Wildman–Crippen MR) is 112 cm³/mol. The van der Waals surface area contributed by atoms with E-state index in [9.17, 15) is 29.3 Å². The number of amides is 2. The topological polar surface area (TPSA) is 136 Å². The summed E-state index contributed by atoms with van der Waals surface area (Å²) in [7, 11) is 0. The third-order valence-electron chi connectivity index (χ3n) is 4.60. The molecule has 1 saturated heterocycles. The van der Waals surface area contributed by atoms with E-state index in [1.807, 2.05) is 0 Å². The number of benzene rings is 2. The number of hydrazine groups is 1. The quantitative estimate of drug-likeness (QED) is 0.279. The highest BCUT2D eigenvalue weighted by Crippen LogP contribution is 2.23. The average Bonchev–Trinajstić information content (AvgIpc) is 3.13. The Labute approximate surface area is 191 Å². The number of carbonyl (C=O) groups is 4. The zero-order valence-electron chi connectivity index (χ0n) is 16.2.